The number of hydrogen-bond acceptors (Lipinski definition) is 3. The Balaban J connectivity index is 2.92. The van der Waals surface area contributed by atoms with Crippen LogP contribution in [0.25, 0.3) is 0 Å². The Morgan fingerprint density at radius 2 is 2.08 bits per heavy atom. The second-order valence-corrected chi connectivity index (χ2v) is 3.30. The predicted octanol–water partition coefficient (Wildman–Crippen LogP) is 2.26. The molecule has 1 aromatic rings. The van der Waals surface area contributed by atoms with Crippen molar-refractivity contribution in [1.29, 1.82) is 0 Å². The van der Waals surface area contributed by atoms with Crippen LogP contribution in [-0.2, 0) is 0 Å². The lowest BCUT2D eigenvalue weighted by atomic mass is 10.3. The van der Waals surface area contributed by atoms with Crippen LogP contribution in [-0.4, -0.2) is 16.0 Å². The molecule has 0 radical (unpaired) electrons. The van der Waals surface area contributed by atoms with E-state index in [1.807, 2.05) is 6.92 Å². The normalized spacial score (nSPS) is 10.4. The molecule has 1 N–H and O–H groups in total. The molecule has 4 heteroatoms. The van der Waals surface area contributed by atoms with Crippen molar-refractivity contribution in [3.05, 3.63) is 17.0 Å². The first-order chi connectivity index (χ1) is 5.61. The zero-order valence-corrected chi connectivity index (χ0v) is 8.18. The van der Waals surface area contributed by atoms with E-state index in [1.165, 1.54) is 6.33 Å². The lowest BCUT2D eigenvalue weighted by Gasteiger charge is -2.10. The average molecular weight is 186 g/mol. The fraction of sp³-hybridized carbons (Fsp3) is 0.500. The highest BCUT2D eigenvalue weighted by molar-refractivity contribution is 6.30. The number of nitrogens with one attached hydrogen (secondary N) is 1. The zero-order valence-electron chi connectivity index (χ0n) is 7.43. The minimum Gasteiger partial charge on any atom is -0.368 e. The van der Waals surface area contributed by atoms with Gasteiger partial charge in [0.1, 0.15) is 17.3 Å². The van der Waals surface area contributed by atoms with E-state index in [-0.39, 0.29) is 0 Å². The average Bonchev–Trinajstić information content (AvgIpc) is 1.98. The molecule has 0 aliphatic carbocycles. The molecule has 1 aromatic heterocycles. The summed E-state index contributed by atoms with van der Waals surface area (Å²) in [5.74, 6) is 0.810. The number of hydrogen-bond donors (Lipinski definition) is 1. The maximum absolute atomic E-state index is 5.81. The number of rotatable bonds is 2. The maximum atomic E-state index is 5.81. The van der Waals surface area contributed by atoms with Gasteiger partial charge in [-0.2, -0.15) is 0 Å². The zero-order chi connectivity index (χ0) is 9.14. The summed E-state index contributed by atoms with van der Waals surface area (Å²) >= 11 is 5.81. The van der Waals surface area contributed by atoms with Gasteiger partial charge in [0.05, 0.1) is 0 Å². The first-order valence-corrected chi connectivity index (χ1v) is 4.22. The Hall–Kier alpha value is -0.830. The van der Waals surface area contributed by atoms with Gasteiger partial charge in [-0.15, -0.1) is 0 Å². The molecule has 3 nitrogen and oxygen atoms in total. The fourth-order valence-electron chi connectivity index (χ4n) is 0.848. The third kappa shape index (κ3) is 2.08. The third-order valence-corrected chi connectivity index (χ3v) is 1.83. The van der Waals surface area contributed by atoms with Crippen LogP contribution in [0.3, 0.4) is 0 Å². The molecule has 0 aliphatic heterocycles. The van der Waals surface area contributed by atoms with Crippen LogP contribution in [0.5, 0.6) is 0 Å². The fourth-order valence-corrected chi connectivity index (χ4v) is 0.981. The van der Waals surface area contributed by atoms with Crippen molar-refractivity contribution < 1.29 is 0 Å². The van der Waals surface area contributed by atoms with Crippen molar-refractivity contribution in [1.82, 2.24) is 9.97 Å². The Morgan fingerprint density at radius 3 is 2.67 bits per heavy atom. The van der Waals surface area contributed by atoms with Crippen LogP contribution in [0.4, 0.5) is 5.82 Å². The van der Waals surface area contributed by atoms with Crippen molar-refractivity contribution >= 4 is 17.4 Å². The van der Waals surface area contributed by atoms with Gasteiger partial charge in [-0.25, -0.2) is 9.97 Å². The van der Waals surface area contributed by atoms with E-state index >= 15 is 0 Å². The van der Waals surface area contributed by atoms with Gasteiger partial charge in [0, 0.05) is 11.6 Å². The van der Waals surface area contributed by atoms with E-state index in [9.17, 15) is 0 Å². The molecule has 0 bridgehead atoms. The molecule has 0 atom stereocenters. The monoisotopic (exact) mass is 185 g/mol. The molecule has 0 spiro atoms. The Bertz CT molecular complexity index is 273. The summed E-state index contributed by atoms with van der Waals surface area (Å²) in [7, 11) is 0. The van der Waals surface area contributed by atoms with Crippen LogP contribution in [0.2, 0.25) is 5.15 Å². The molecule has 0 aliphatic rings. The van der Waals surface area contributed by atoms with Gasteiger partial charge in [-0.1, -0.05) is 11.6 Å². The third-order valence-electron chi connectivity index (χ3n) is 1.45. The highest BCUT2D eigenvalue weighted by Gasteiger charge is 2.04. The minimum atomic E-state index is 0.356. The number of anilines is 1. The quantitative estimate of drug-likeness (QED) is 0.719. The summed E-state index contributed by atoms with van der Waals surface area (Å²) in [6.07, 6.45) is 1.46. The molecular weight excluding hydrogens is 174 g/mol. The standard InChI is InChI=1S/C8H12ClN3/c1-5(2)12-8-6(3)7(9)10-4-11-8/h4-5H,1-3H3,(H,10,11,12). The first-order valence-electron chi connectivity index (χ1n) is 3.85. The van der Waals surface area contributed by atoms with E-state index in [0.29, 0.717) is 11.2 Å². The number of halogens is 1. The van der Waals surface area contributed by atoms with Crippen molar-refractivity contribution in [2.45, 2.75) is 26.8 Å². The van der Waals surface area contributed by atoms with E-state index in [2.05, 4.69) is 29.1 Å². The topological polar surface area (TPSA) is 37.8 Å². The molecule has 1 heterocycles. The number of nitrogens with zero attached hydrogens (tertiary/aromatic N) is 2. The summed E-state index contributed by atoms with van der Waals surface area (Å²) in [6, 6.07) is 0.356. The molecular formula is C8H12ClN3. The van der Waals surface area contributed by atoms with Crippen LogP contribution >= 0.6 is 11.6 Å². The lowest BCUT2D eigenvalue weighted by molar-refractivity contribution is 0.882. The first kappa shape index (κ1) is 9.26. The molecule has 0 unspecified atom stereocenters. The molecule has 0 amide bonds. The van der Waals surface area contributed by atoms with Crippen molar-refractivity contribution in [3.8, 4) is 0 Å². The van der Waals surface area contributed by atoms with Gasteiger partial charge in [0.2, 0.25) is 0 Å². The highest BCUT2D eigenvalue weighted by Crippen LogP contribution is 2.18. The van der Waals surface area contributed by atoms with E-state index in [0.717, 1.165) is 11.4 Å². The molecule has 0 saturated heterocycles. The van der Waals surface area contributed by atoms with E-state index in [1.54, 1.807) is 0 Å². The van der Waals surface area contributed by atoms with Gasteiger partial charge < -0.3 is 5.32 Å². The summed E-state index contributed by atoms with van der Waals surface area (Å²) < 4.78 is 0. The lowest BCUT2D eigenvalue weighted by Crippen LogP contribution is -2.12. The molecule has 0 saturated carbocycles. The van der Waals surface area contributed by atoms with Gasteiger partial charge in [-0.3, -0.25) is 0 Å². The van der Waals surface area contributed by atoms with Crippen LogP contribution in [0.1, 0.15) is 19.4 Å². The molecule has 0 fully saturated rings. The molecule has 12 heavy (non-hydrogen) atoms. The smallest absolute Gasteiger partial charge is 0.137 e. The van der Waals surface area contributed by atoms with Crippen molar-refractivity contribution in [3.63, 3.8) is 0 Å². The van der Waals surface area contributed by atoms with E-state index in [4.69, 9.17) is 11.6 Å². The summed E-state index contributed by atoms with van der Waals surface area (Å²) in [4.78, 5) is 7.93. The molecule has 0 aromatic carbocycles. The Labute approximate surface area is 77.2 Å². The summed E-state index contributed by atoms with van der Waals surface area (Å²) in [5, 5.41) is 3.69. The van der Waals surface area contributed by atoms with E-state index < -0.39 is 0 Å². The van der Waals surface area contributed by atoms with Gasteiger partial charge in [0.25, 0.3) is 0 Å². The summed E-state index contributed by atoms with van der Waals surface area (Å²) in [6.45, 7) is 6.00. The minimum absolute atomic E-state index is 0.356. The second-order valence-electron chi connectivity index (χ2n) is 2.94. The van der Waals surface area contributed by atoms with Crippen LogP contribution in [0.15, 0.2) is 6.33 Å². The largest absolute Gasteiger partial charge is 0.368 e. The molecule has 1 rings (SSSR count). The van der Waals surface area contributed by atoms with Gasteiger partial charge in [-0.05, 0) is 20.8 Å². The molecule has 66 valence electrons. The van der Waals surface area contributed by atoms with Crippen LogP contribution < -0.4 is 5.32 Å². The van der Waals surface area contributed by atoms with Gasteiger partial charge >= 0.3 is 0 Å². The second kappa shape index (κ2) is 3.72. The maximum Gasteiger partial charge on any atom is 0.137 e. The SMILES string of the molecule is Cc1c(Cl)ncnc1NC(C)C. The van der Waals surface area contributed by atoms with Crippen LogP contribution in [0, 0.1) is 6.92 Å². The van der Waals surface area contributed by atoms with Gasteiger partial charge in [0.15, 0.2) is 0 Å². The van der Waals surface area contributed by atoms with Crippen molar-refractivity contribution in [2.24, 2.45) is 0 Å². The van der Waals surface area contributed by atoms with Crippen molar-refractivity contribution in [2.75, 3.05) is 5.32 Å². The Morgan fingerprint density at radius 1 is 1.42 bits per heavy atom. The predicted molar refractivity (Wildman–Crippen MR) is 50.5 cm³/mol. The number of aromatic nitrogens is 2. The Kier molecular flexibility index (Phi) is 2.87. The highest BCUT2D eigenvalue weighted by atomic mass is 35.5. The summed E-state index contributed by atoms with van der Waals surface area (Å²) in [5.41, 5.74) is 0.896.